The number of fused-ring (bicyclic) bond motifs is 1. The number of rotatable bonds is 6. The fourth-order valence-electron chi connectivity index (χ4n) is 2.36. The Morgan fingerprint density at radius 2 is 2.15 bits per heavy atom. The van der Waals surface area contributed by atoms with Crippen molar-refractivity contribution < 1.29 is 22.7 Å². The predicted molar refractivity (Wildman–Crippen MR) is 100 cm³/mol. The number of thiophene rings is 1. The monoisotopic (exact) mass is 413 g/mol. The van der Waals surface area contributed by atoms with Gasteiger partial charge in [-0.25, -0.2) is 4.98 Å². The average Bonchev–Trinajstić information content (AvgIpc) is 3.22. The maximum atomic E-state index is 13.0. The highest BCUT2D eigenvalue weighted by molar-refractivity contribution is 7.17. The fraction of sp³-hybridized carbons (Fsp3) is 0.235. The van der Waals surface area contributed by atoms with E-state index in [1.807, 2.05) is 0 Å². The third kappa shape index (κ3) is 4.64. The number of carbonyl (C=O) groups is 1. The number of nitrogens with one attached hydrogen (secondary N) is 1. The van der Waals surface area contributed by atoms with Crippen LogP contribution in [-0.4, -0.2) is 23.8 Å². The summed E-state index contributed by atoms with van der Waals surface area (Å²) < 4.78 is 44.4. The maximum Gasteiger partial charge on any atom is 0.417 e. The molecule has 0 aliphatic heterocycles. The van der Waals surface area contributed by atoms with Crippen LogP contribution in [0.5, 0.6) is 0 Å². The number of nitrogens with zero attached hydrogens (tertiary/aromatic N) is 2. The number of hydrazone groups is 1. The number of hydrogen-bond donors (Lipinski definition) is 1. The van der Waals surface area contributed by atoms with Crippen LogP contribution in [-0.2, 0) is 22.1 Å². The molecule has 0 fully saturated rings. The predicted octanol–water partition coefficient (Wildman–Crippen LogP) is 4.93. The Labute approximate surface area is 160 Å². The molecule has 0 unspecified atom stereocenters. The second-order valence-electron chi connectivity index (χ2n) is 5.37. The first-order valence-electron chi connectivity index (χ1n) is 7.85. The van der Waals surface area contributed by atoms with Crippen LogP contribution in [0.2, 0.25) is 0 Å². The van der Waals surface area contributed by atoms with Gasteiger partial charge in [0.25, 0.3) is 0 Å². The van der Waals surface area contributed by atoms with Gasteiger partial charge >= 0.3 is 12.1 Å². The lowest BCUT2D eigenvalue weighted by atomic mass is 10.1. The average molecular weight is 413 g/mol. The molecule has 2 aromatic heterocycles. The van der Waals surface area contributed by atoms with Crippen LogP contribution in [0.15, 0.2) is 34.1 Å². The van der Waals surface area contributed by atoms with Gasteiger partial charge < -0.3 is 4.74 Å². The largest absolute Gasteiger partial charge is 0.466 e. The van der Waals surface area contributed by atoms with E-state index in [0.29, 0.717) is 27.7 Å². The van der Waals surface area contributed by atoms with Crippen molar-refractivity contribution in [2.24, 2.45) is 5.10 Å². The van der Waals surface area contributed by atoms with E-state index in [-0.39, 0.29) is 17.8 Å². The van der Waals surface area contributed by atoms with Crippen molar-refractivity contribution in [3.63, 3.8) is 0 Å². The molecule has 142 valence electrons. The molecule has 0 saturated carbocycles. The van der Waals surface area contributed by atoms with Gasteiger partial charge in [0.1, 0.15) is 0 Å². The number of hydrogen-bond acceptors (Lipinski definition) is 7. The van der Waals surface area contributed by atoms with Gasteiger partial charge in [-0.15, -0.1) is 22.7 Å². The molecule has 3 rings (SSSR count). The van der Waals surface area contributed by atoms with Crippen molar-refractivity contribution in [3.05, 3.63) is 45.8 Å². The van der Waals surface area contributed by atoms with Crippen LogP contribution in [0.25, 0.3) is 10.1 Å². The lowest BCUT2D eigenvalue weighted by molar-refractivity contribution is -0.142. The van der Waals surface area contributed by atoms with Crippen molar-refractivity contribution >= 4 is 50.1 Å². The molecule has 0 aliphatic rings. The SMILES string of the molecule is CCOC(=O)Cc1csc(NN=Cc2cccc3c(C(F)(F)F)csc23)n1. The first-order chi connectivity index (χ1) is 12.9. The maximum absolute atomic E-state index is 13.0. The van der Waals surface area contributed by atoms with Crippen LogP contribution in [0, 0.1) is 0 Å². The van der Waals surface area contributed by atoms with Gasteiger partial charge in [-0.3, -0.25) is 10.2 Å². The summed E-state index contributed by atoms with van der Waals surface area (Å²) in [6.07, 6.45) is -2.86. The lowest BCUT2D eigenvalue weighted by Crippen LogP contribution is -2.07. The molecule has 0 bridgehead atoms. The van der Waals surface area contributed by atoms with Gasteiger partial charge in [0.2, 0.25) is 5.13 Å². The van der Waals surface area contributed by atoms with Gasteiger partial charge in [0, 0.05) is 26.4 Å². The van der Waals surface area contributed by atoms with Crippen molar-refractivity contribution in [2.75, 3.05) is 12.0 Å². The van der Waals surface area contributed by atoms with E-state index in [0.717, 1.165) is 16.7 Å². The Bertz CT molecular complexity index is 979. The Balaban J connectivity index is 1.71. The number of ether oxygens (including phenoxy) is 1. The van der Waals surface area contributed by atoms with E-state index in [2.05, 4.69) is 15.5 Å². The first kappa shape index (κ1) is 19.3. The van der Waals surface area contributed by atoms with Gasteiger partial charge in [-0.1, -0.05) is 18.2 Å². The summed E-state index contributed by atoms with van der Waals surface area (Å²) in [7, 11) is 0. The molecule has 0 aliphatic carbocycles. The highest BCUT2D eigenvalue weighted by Gasteiger charge is 2.33. The fourth-order valence-corrected chi connectivity index (χ4v) is 4.07. The summed E-state index contributed by atoms with van der Waals surface area (Å²) in [6, 6.07) is 4.70. The summed E-state index contributed by atoms with van der Waals surface area (Å²) in [5.41, 5.74) is 3.22. The number of benzene rings is 1. The number of aromatic nitrogens is 1. The van der Waals surface area contributed by atoms with Crippen molar-refractivity contribution in [1.29, 1.82) is 0 Å². The molecule has 3 aromatic rings. The van der Waals surface area contributed by atoms with Gasteiger partial charge in [0.05, 0.1) is 30.5 Å². The Morgan fingerprint density at radius 1 is 1.33 bits per heavy atom. The molecule has 1 N–H and O–H groups in total. The van der Waals surface area contributed by atoms with E-state index in [1.54, 1.807) is 24.4 Å². The number of carbonyl (C=O) groups excluding carboxylic acids is 1. The number of thiazole rings is 1. The first-order valence-corrected chi connectivity index (χ1v) is 9.61. The zero-order valence-corrected chi connectivity index (χ0v) is 15.7. The Kier molecular flexibility index (Phi) is 5.76. The minimum atomic E-state index is -4.39. The van der Waals surface area contributed by atoms with Crippen molar-refractivity contribution in [3.8, 4) is 0 Å². The molecule has 27 heavy (non-hydrogen) atoms. The van der Waals surface area contributed by atoms with Crippen LogP contribution >= 0.6 is 22.7 Å². The van der Waals surface area contributed by atoms with E-state index >= 15 is 0 Å². The van der Waals surface area contributed by atoms with Gasteiger partial charge in [0.15, 0.2) is 0 Å². The molecule has 0 radical (unpaired) electrons. The molecular formula is C17H14F3N3O2S2. The Hall–Kier alpha value is -2.46. The lowest BCUT2D eigenvalue weighted by Gasteiger charge is -2.04. The van der Waals surface area contributed by atoms with E-state index < -0.39 is 11.7 Å². The molecule has 0 amide bonds. The number of esters is 1. The normalized spacial score (nSPS) is 12.0. The zero-order valence-electron chi connectivity index (χ0n) is 14.0. The van der Waals surface area contributed by atoms with Crippen LogP contribution < -0.4 is 5.43 Å². The topological polar surface area (TPSA) is 63.6 Å². The minimum Gasteiger partial charge on any atom is -0.466 e. The molecule has 5 nitrogen and oxygen atoms in total. The van der Waals surface area contributed by atoms with Crippen LogP contribution in [0.1, 0.15) is 23.7 Å². The molecule has 10 heteroatoms. The number of halogens is 3. The van der Waals surface area contributed by atoms with E-state index in [4.69, 9.17) is 4.74 Å². The number of alkyl halides is 3. The highest BCUT2D eigenvalue weighted by Crippen LogP contribution is 2.39. The smallest absolute Gasteiger partial charge is 0.417 e. The molecule has 2 heterocycles. The third-order valence-electron chi connectivity index (χ3n) is 3.48. The van der Waals surface area contributed by atoms with Crippen LogP contribution in [0.3, 0.4) is 0 Å². The molecule has 0 spiro atoms. The second-order valence-corrected chi connectivity index (χ2v) is 7.10. The summed E-state index contributed by atoms with van der Waals surface area (Å²) in [5, 5.41) is 7.49. The van der Waals surface area contributed by atoms with Crippen molar-refractivity contribution in [1.82, 2.24) is 4.98 Å². The van der Waals surface area contributed by atoms with Crippen LogP contribution in [0.4, 0.5) is 18.3 Å². The molecule has 0 saturated heterocycles. The van der Waals surface area contributed by atoms with Gasteiger partial charge in [-0.2, -0.15) is 18.3 Å². The summed E-state index contributed by atoms with van der Waals surface area (Å²) in [4.78, 5) is 15.6. The minimum absolute atomic E-state index is 0.0739. The Morgan fingerprint density at radius 3 is 2.89 bits per heavy atom. The second kappa shape index (κ2) is 8.05. The summed E-state index contributed by atoms with van der Waals surface area (Å²) in [5.74, 6) is -0.359. The highest BCUT2D eigenvalue weighted by atomic mass is 32.1. The molecule has 1 aromatic carbocycles. The van der Waals surface area contributed by atoms with Crippen molar-refractivity contribution in [2.45, 2.75) is 19.5 Å². The summed E-state index contributed by atoms with van der Waals surface area (Å²) >= 11 is 2.29. The zero-order chi connectivity index (χ0) is 19.4. The molecular weight excluding hydrogens is 399 g/mol. The molecule has 0 atom stereocenters. The van der Waals surface area contributed by atoms with E-state index in [9.17, 15) is 18.0 Å². The standard InChI is InChI=1S/C17H14F3N3O2S2/c1-2-25-14(24)6-11-8-27-16(22-11)23-21-7-10-4-3-5-12-13(17(18,19)20)9-26-15(10)12/h3-5,7-9H,2,6H2,1H3,(H,22,23). The third-order valence-corrected chi connectivity index (χ3v) is 5.32. The van der Waals surface area contributed by atoms with Gasteiger partial charge in [-0.05, 0) is 6.92 Å². The van der Waals surface area contributed by atoms with E-state index in [1.165, 1.54) is 23.6 Å². The quantitative estimate of drug-likeness (QED) is 0.354. The number of anilines is 1. The summed E-state index contributed by atoms with van der Waals surface area (Å²) in [6.45, 7) is 2.04.